The molecule has 2 aromatic heterocycles. The van der Waals surface area contributed by atoms with Crippen LogP contribution in [-0.4, -0.2) is 50.5 Å². The van der Waals surface area contributed by atoms with Crippen LogP contribution in [0.3, 0.4) is 0 Å². The summed E-state index contributed by atoms with van der Waals surface area (Å²) in [6.07, 6.45) is 0.385. The Labute approximate surface area is 280 Å². The fourth-order valence-electron chi connectivity index (χ4n) is 5.92. The van der Waals surface area contributed by atoms with Crippen LogP contribution in [0.4, 0.5) is 4.79 Å². The predicted octanol–water partition coefficient (Wildman–Crippen LogP) is 8.74. The Morgan fingerprint density at radius 3 is 2.17 bits per heavy atom. The van der Waals surface area contributed by atoms with Crippen molar-refractivity contribution in [1.82, 2.24) is 19.9 Å². The number of alkyl carbamates (subject to hydrolysis) is 1. The minimum atomic E-state index is -1.09. The number of benzene rings is 2. The standard InChI is InChI=1S/C35H42Cl2N4O5/c1-18-15-24(16-19(2)30(18)37)45-14-10-11-25-26-12-13-27(36)29(28-21(4)39-23(6)40-22(28)5)31(26)41(32(25)33(42)43)20(3)17-38-34(44)46-35(7,8)9/h12-13,15-16,20H,10-11,14,17H2,1-9H3,(H,38,44)(H,42,43)/t20-/m1/s1. The SMILES string of the molecule is Cc1nc(C)c(-c2c(Cl)ccc3c(CCCOc4cc(C)c(Cl)c(C)c4)c(C(=O)O)n([C@H](C)CNC(=O)OC(C)(C)C)c23)c(C)n1. The summed E-state index contributed by atoms with van der Waals surface area (Å²) in [7, 11) is 0. The molecule has 1 atom stereocenters. The van der Waals surface area contributed by atoms with E-state index in [0.29, 0.717) is 57.7 Å². The molecule has 246 valence electrons. The van der Waals surface area contributed by atoms with Crippen LogP contribution in [0.25, 0.3) is 22.0 Å². The Hall–Kier alpha value is -3.82. The molecule has 9 nitrogen and oxygen atoms in total. The van der Waals surface area contributed by atoms with Gasteiger partial charge in [-0.15, -0.1) is 0 Å². The van der Waals surface area contributed by atoms with E-state index < -0.39 is 23.7 Å². The Balaban J connectivity index is 1.83. The Kier molecular flexibility index (Phi) is 10.6. The Bertz CT molecular complexity index is 1760. The zero-order valence-electron chi connectivity index (χ0n) is 27.9. The number of nitrogens with one attached hydrogen (secondary N) is 1. The van der Waals surface area contributed by atoms with Crippen molar-refractivity contribution in [3.8, 4) is 16.9 Å². The molecule has 0 radical (unpaired) electrons. The summed E-state index contributed by atoms with van der Waals surface area (Å²) in [5.41, 5.74) is 5.44. The maximum absolute atomic E-state index is 13.1. The molecule has 0 bridgehead atoms. The van der Waals surface area contributed by atoms with E-state index in [1.165, 1.54) is 0 Å². The number of carboxylic acid groups (broad SMARTS) is 1. The van der Waals surface area contributed by atoms with Crippen molar-refractivity contribution >= 4 is 46.2 Å². The van der Waals surface area contributed by atoms with Gasteiger partial charge >= 0.3 is 12.1 Å². The van der Waals surface area contributed by atoms with E-state index in [4.69, 9.17) is 32.7 Å². The molecule has 0 aliphatic heterocycles. The number of carbonyl (C=O) groups is 2. The lowest BCUT2D eigenvalue weighted by Gasteiger charge is -2.23. The van der Waals surface area contributed by atoms with E-state index in [9.17, 15) is 14.7 Å². The molecule has 46 heavy (non-hydrogen) atoms. The second kappa shape index (κ2) is 13.9. The van der Waals surface area contributed by atoms with Crippen LogP contribution in [0.1, 0.15) is 84.5 Å². The number of aromatic nitrogens is 3. The molecule has 4 aromatic rings. The normalized spacial score (nSPS) is 12.3. The van der Waals surface area contributed by atoms with Gasteiger partial charge in [-0.25, -0.2) is 19.6 Å². The minimum Gasteiger partial charge on any atom is -0.494 e. The number of aryl methyl sites for hydroxylation is 6. The summed E-state index contributed by atoms with van der Waals surface area (Å²) in [5.74, 6) is 0.253. The first-order valence-corrected chi connectivity index (χ1v) is 16.0. The van der Waals surface area contributed by atoms with Crippen molar-refractivity contribution in [2.24, 2.45) is 0 Å². The molecular weight excluding hydrogens is 627 g/mol. The smallest absolute Gasteiger partial charge is 0.407 e. The number of hydrogen-bond donors (Lipinski definition) is 2. The molecule has 0 aliphatic carbocycles. The fourth-order valence-corrected chi connectivity index (χ4v) is 6.28. The second-order valence-corrected chi connectivity index (χ2v) is 13.5. The summed E-state index contributed by atoms with van der Waals surface area (Å²) >= 11 is 13.3. The molecule has 2 aromatic carbocycles. The van der Waals surface area contributed by atoms with Gasteiger partial charge in [-0.3, -0.25) is 0 Å². The van der Waals surface area contributed by atoms with Gasteiger partial charge in [0.15, 0.2) is 0 Å². The number of amides is 1. The number of halogens is 2. The molecular formula is C35H42Cl2N4O5. The lowest BCUT2D eigenvalue weighted by Crippen LogP contribution is -2.35. The largest absolute Gasteiger partial charge is 0.494 e. The van der Waals surface area contributed by atoms with Gasteiger partial charge in [-0.05, 0) is 110 Å². The molecule has 2 N–H and O–H groups in total. The third-order valence-electron chi connectivity index (χ3n) is 7.69. The van der Waals surface area contributed by atoms with Crippen LogP contribution >= 0.6 is 23.2 Å². The van der Waals surface area contributed by atoms with Gasteiger partial charge in [0.05, 0.1) is 17.1 Å². The number of carboxylic acids is 1. The van der Waals surface area contributed by atoms with E-state index in [-0.39, 0.29) is 12.2 Å². The zero-order valence-corrected chi connectivity index (χ0v) is 29.4. The van der Waals surface area contributed by atoms with Crippen molar-refractivity contribution in [3.63, 3.8) is 0 Å². The highest BCUT2D eigenvalue weighted by atomic mass is 35.5. The quantitative estimate of drug-likeness (QED) is 0.162. The fraction of sp³-hybridized carbons (Fsp3) is 0.429. The molecule has 0 saturated carbocycles. The van der Waals surface area contributed by atoms with Gasteiger partial charge in [0.25, 0.3) is 0 Å². The zero-order chi connectivity index (χ0) is 34.1. The van der Waals surface area contributed by atoms with E-state index in [0.717, 1.165) is 33.5 Å². The molecule has 0 saturated heterocycles. The van der Waals surface area contributed by atoms with Crippen molar-refractivity contribution in [3.05, 3.63) is 73.9 Å². The van der Waals surface area contributed by atoms with Gasteiger partial charge < -0.3 is 24.5 Å². The molecule has 1 amide bonds. The molecule has 4 rings (SSSR count). The minimum absolute atomic E-state index is 0.116. The number of aromatic carboxylic acids is 1. The number of hydrogen-bond acceptors (Lipinski definition) is 6. The van der Waals surface area contributed by atoms with Gasteiger partial charge in [0.2, 0.25) is 0 Å². The van der Waals surface area contributed by atoms with E-state index in [1.54, 1.807) is 31.4 Å². The average molecular weight is 670 g/mol. The summed E-state index contributed by atoms with van der Waals surface area (Å²) in [4.78, 5) is 34.9. The first-order valence-electron chi connectivity index (χ1n) is 15.3. The van der Waals surface area contributed by atoms with E-state index in [2.05, 4.69) is 15.3 Å². The Morgan fingerprint density at radius 1 is 1.00 bits per heavy atom. The highest BCUT2D eigenvalue weighted by Crippen LogP contribution is 2.43. The first kappa shape index (κ1) is 35.0. The van der Waals surface area contributed by atoms with Crippen molar-refractivity contribution in [1.29, 1.82) is 0 Å². The van der Waals surface area contributed by atoms with Crippen LogP contribution in [0.5, 0.6) is 5.75 Å². The molecule has 0 unspecified atom stereocenters. The van der Waals surface area contributed by atoms with Crippen molar-refractivity contribution in [2.45, 2.75) is 86.8 Å². The summed E-state index contributed by atoms with van der Waals surface area (Å²) in [6, 6.07) is 6.95. The maximum atomic E-state index is 13.1. The number of rotatable bonds is 10. The highest BCUT2D eigenvalue weighted by Gasteiger charge is 2.30. The van der Waals surface area contributed by atoms with Gasteiger partial charge in [-0.1, -0.05) is 29.3 Å². The number of nitrogens with zero attached hydrogens (tertiary/aromatic N) is 3. The third kappa shape index (κ3) is 7.58. The van der Waals surface area contributed by atoms with Crippen molar-refractivity contribution < 1.29 is 24.2 Å². The highest BCUT2D eigenvalue weighted by molar-refractivity contribution is 6.35. The molecule has 0 fully saturated rings. The van der Waals surface area contributed by atoms with E-state index >= 15 is 0 Å². The monoisotopic (exact) mass is 668 g/mol. The lowest BCUT2D eigenvalue weighted by atomic mass is 9.97. The lowest BCUT2D eigenvalue weighted by molar-refractivity contribution is 0.0521. The summed E-state index contributed by atoms with van der Waals surface area (Å²) in [5, 5.41) is 15.4. The van der Waals surface area contributed by atoms with Gasteiger partial charge in [-0.2, -0.15) is 0 Å². The average Bonchev–Trinajstić information content (AvgIpc) is 3.27. The number of ether oxygens (including phenoxy) is 2. The van der Waals surface area contributed by atoms with E-state index in [1.807, 2.05) is 59.7 Å². The first-order chi connectivity index (χ1) is 21.5. The maximum Gasteiger partial charge on any atom is 0.407 e. The molecule has 11 heteroatoms. The molecule has 2 heterocycles. The van der Waals surface area contributed by atoms with Crippen LogP contribution in [-0.2, 0) is 11.2 Å². The number of carbonyl (C=O) groups excluding carboxylic acids is 1. The summed E-state index contributed by atoms with van der Waals surface area (Å²) < 4.78 is 13.3. The van der Waals surface area contributed by atoms with Crippen LogP contribution in [0, 0.1) is 34.6 Å². The van der Waals surface area contributed by atoms with Crippen LogP contribution in [0.2, 0.25) is 10.0 Å². The summed E-state index contributed by atoms with van der Waals surface area (Å²) in [6.45, 7) is 17.2. The predicted molar refractivity (Wildman–Crippen MR) is 183 cm³/mol. The van der Waals surface area contributed by atoms with Gasteiger partial charge in [0, 0.05) is 45.5 Å². The third-order valence-corrected chi connectivity index (χ3v) is 8.60. The van der Waals surface area contributed by atoms with Gasteiger partial charge in [0.1, 0.15) is 22.9 Å². The van der Waals surface area contributed by atoms with Crippen LogP contribution in [0.15, 0.2) is 24.3 Å². The molecule has 0 aliphatic rings. The van der Waals surface area contributed by atoms with Crippen molar-refractivity contribution in [2.75, 3.05) is 13.2 Å². The Morgan fingerprint density at radius 2 is 1.61 bits per heavy atom. The molecule has 0 spiro atoms. The second-order valence-electron chi connectivity index (χ2n) is 12.7. The number of fused-ring (bicyclic) bond motifs is 1. The van der Waals surface area contributed by atoms with Crippen LogP contribution < -0.4 is 10.1 Å². The topological polar surface area (TPSA) is 116 Å².